The first-order valence-corrected chi connectivity index (χ1v) is 8.87. The Kier molecular flexibility index (Phi) is 4.03. The molecule has 6 nitrogen and oxygen atoms in total. The van der Waals surface area contributed by atoms with Gasteiger partial charge in [0.25, 0.3) is 5.56 Å². The van der Waals surface area contributed by atoms with Crippen LogP contribution in [0.5, 0.6) is 11.5 Å². The third-order valence-electron chi connectivity index (χ3n) is 4.37. The van der Waals surface area contributed by atoms with Crippen LogP contribution in [0.4, 0.5) is 0 Å². The molecule has 0 fully saturated rings. The van der Waals surface area contributed by atoms with Gasteiger partial charge in [-0.3, -0.25) is 9.69 Å². The van der Waals surface area contributed by atoms with Crippen molar-refractivity contribution in [3.8, 4) is 22.2 Å². The van der Waals surface area contributed by atoms with Crippen molar-refractivity contribution in [1.29, 1.82) is 0 Å². The van der Waals surface area contributed by atoms with E-state index in [1.54, 1.807) is 12.1 Å². The first-order chi connectivity index (χ1) is 12.1. The van der Waals surface area contributed by atoms with Crippen LogP contribution in [0.15, 0.2) is 40.5 Å². The van der Waals surface area contributed by atoms with Gasteiger partial charge in [-0.25, -0.2) is 4.98 Å². The average Bonchev–Trinajstić information content (AvgIpc) is 3.12. The molecule has 0 unspecified atom stereocenters. The molecule has 0 saturated heterocycles. The van der Waals surface area contributed by atoms with Gasteiger partial charge in [-0.05, 0) is 23.9 Å². The van der Waals surface area contributed by atoms with Crippen LogP contribution in [0, 0.1) is 0 Å². The standard InChI is InChI=1S/C18H17N3O3S/c22-12-4-3-11(15(23)8-12)9-21-6-5-13-14(10-21)19-17(20-18(13)24)16-2-1-7-25-16/h1-4,7-8,22-23H,5-6,9-10H2,(H,19,20,24). The number of aromatic nitrogens is 2. The number of aromatic hydroxyl groups is 2. The fraction of sp³-hybridized carbons (Fsp3) is 0.222. The van der Waals surface area contributed by atoms with Crippen molar-refractivity contribution in [2.24, 2.45) is 0 Å². The lowest BCUT2D eigenvalue weighted by atomic mass is 10.1. The number of phenols is 2. The molecule has 7 heteroatoms. The van der Waals surface area contributed by atoms with Crippen molar-refractivity contribution in [1.82, 2.24) is 14.9 Å². The summed E-state index contributed by atoms with van der Waals surface area (Å²) in [6.45, 7) is 1.81. The number of hydrogen-bond acceptors (Lipinski definition) is 6. The van der Waals surface area contributed by atoms with Crippen LogP contribution >= 0.6 is 11.3 Å². The largest absolute Gasteiger partial charge is 0.508 e. The van der Waals surface area contributed by atoms with Crippen LogP contribution in [-0.4, -0.2) is 31.6 Å². The van der Waals surface area contributed by atoms with E-state index in [-0.39, 0.29) is 17.1 Å². The Morgan fingerprint density at radius 1 is 1.28 bits per heavy atom. The minimum atomic E-state index is -0.0690. The number of rotatable bonds is 3. The Morgan fingerprint density at radius 2 is 2.16 bits per heavy atom. The highest BCUT2D eigenvalue weighted by Gasteiger charge is 2.22. The molecule has 25 heavy (non-hydrogen) atoms. The van der Waals surface area contributed by atoms with E-state index in [0.29, 0.717) is 25.3 Å². The van der Waals surface area contributed by atoms with E-state index in [4.69, 9.17) is 0 Å². The summed E-state index contributed by atoms with van der Waals surface area (Å²) >= 11 is 1.54. The van der Waals surface area contributed by atoms with E-state index in [9.17, 15) is 15.0 Å². The maximum Gasteiger partial charge on any atom is 0.254 e. The summed E-state index contributed by atoms with van der Waals surface area (Å²) in [7, 11) is 0. The summed E-state index contributed by atoms with van der Waals surface area (Å²) in [6, 6.07) is 8.47. The molecule has 0 bridgehead atoms. The van der Waals surface area contributed by atoms with Gasteiger partial charge in [0.15, 0.2) is 5.82 Å². The number of fused-ring (bicyclic) bond motifs is 1. The Hall–Kier alpha value is -2.64. The van der Waals surface area contributed by atoms with E-state index >= 15 is 0 Å². The highest BCUT2D eigenvalue weighted by atomic mass is 32.1. The molecule has 0 aliphatic carbocycles. The summed E-state index contributed by atoms with van der Waals surface area (Å²) in [6.07, 6.45) is 0.626. The van der Waals surface area contributed by atoms with Gasteiger partial charge in [0.05, 0.1) is 10.6 Å². The highest BCUT2D eigenvalue weighted by molar-refractivity contribution is 7.13. The molecule has 1 aromatic carbocycles. The number of thiophene rings is 1. The molecule has 3 N–H and O–H groups in total. The summed E-state index contributed by atoms with van der Waals surface area (Å²) in [5, 5.41) is 21.3. The molecule has 4 rings (SSSR count). The SMILES string of the molecule is O=c1[nH]c(-c2cccs2)nc2c1CCN(Cc1ccc(O)cc1O)C2. The lowest BCUT2D eigenvalue weighted by Gasteiger charge is -2.27. The van der Waals surface area contributed by atoms with Gasteiger partial charge < -0.3 is 15.2 Å². The van der Waals surface area contributed by atoms with Crippen LogP contribution in [0.2, 0.25) is 0 Å². The number of H-pyrrole nitrogens is 1. The predicted octanol–water partition coefficient (Wildman–Crippen LogP) is 2.47. The van der Waals surface area contributed by atoms with E-state index < -0.39 is 0 Å². The number of aromatic amines is 1. The molecule has 0 saturated carbocycles. The summed E-state index contributed by atoms with van der Waals surface area (Å²) in [5.74, 6) is 0.719. The number of nitrogens with zero attached hydrogens (tertiary/aromatic N) is 2. The Morgan fingerprint density at radius 3 is 2.92 bits per heavy atom. The Balaban J connectivity index is 1.61. The average molecular weight is 355 g/mol. The monoisotopic (exact) mass is 355 g/mol. The predicted molar refractivity (Wildman–Crippen MR) is 95.8 cm³/mol. The van der Waals surface area contributed by atoms with Gasteiger partial charge in [0, 0.05) is 36.8 Å². The Labute approximate surface area is 148 Å². The smallest absolute Gasteiger partial charge is 0.254 e. The molecule has 0 atom stereocenters. The first-order valence-electron chi connectivity index (χ1n) is 7.99. The lowest BCUT2D eigenvalue weighted by molar-refractivity contribution is 0.237. The van der Waals surface area contributed by atoms with Gasteiger partial charge in [0.2, 0.25) is 0 Å². The van der Waals surface area contributed by atoms with E-state index in [1.807, 2.05) is 17.5 Å². The molecular formula is C18H17N3O3S. The van der Waals surface area contributed by atoms with Crippen LogP contribution in [-0.2, 0) is 19.5 Å². The molecule has 3 heterocycles. The fourth-order valence-electron chi connectivity index (χ4n) is 3.09. The zero-order valence-electron chi connectivity index (χ0n) is 13.4. The molecule has 1 aliphatic heterocycles. The van der Waals surface area contributed by atoms with Crippen LogP contribution in [0.25, 0.3) is 10.7 Å². The van der Waals surface area contributed by atoms with Gasteiger partial charge in [-0.1, -0.05) is 12.1 Å². The molecule has 0 amide bonds. The zero-order valence-corrected chi connectivity index (χ0v) is 14.2. The summed E-state index contributed by atoms with van der Waals surface area (Å²) < 4.78 is 0. The third-order valence-corrected chi connectivity index (χ3v) is 5.25. The van der Waals surface area contributed by atoms with E-state index in [0.717, 1.165) is 28.2 Å². The number of phenolic OH excluding ortho intramolecular Hbond substituents is 2. The minimum absolute atomic E-state index is 0.0408. The van der Waals surface area contributed by atoms with Crippen LogP contribution < -0.4 is 5.56 Å². The van der Waals surface area contributed by atoms with Gasteiger partial charge in [0.1, 0.15) is 11.5 Å². The van der Waals surface area contributed by atoms with E-state index in [1.165, 1.54) is 17.4 Å². The van der Waals surface area contributed by atoms with Crippen molar-refractivity contribution < 1.29 is 10.2 Å². The second-order valence-electron chi connectivity index (χ2n) is 6.09. The van der Waals surface area contributed by atoms with Crippen molar-refractivity contribution >= 4 is 11.3 Å². The Bertz CT molecular complexity index is 966. The maximum atomic E-state index is 12.4. The maximum absolute atomic E-state index is 12.4. The quantitative estimate of drug-likeness (QED) is 0.672. The van der Waals surface area contributed by atoms with Gasteiger partial charge in [-0.2, -0.15) is 0 Å². The zero-order chi connectivity index (χ0) is 17.4. The first kappa shape index (κ1) is 15.9. The highest BCUT2D eigenvalue weighted by Crippen LogP contribution is 2.26. The molecule has 3 aromatic rings. The van der Waals surface area contributed by atoms with Crippen molar-refractivity contribution in [3.05, 3.63) is 62.9 Å². The van der Waals surface area contributed by atoms with Crippen molar-refractivity contribution in [2.75, 3.05) is 6.54 Å². The minimum Gasteiger partial charge on any atom is -0.508 e. The molecular weight excluding hydrogens is 338 g/mol. The summed E-state index contributed by atoms with van der Waals surface area (Å²) in [5.41, 5.74) is 2.20. The van der Waals surface area contributed by atoms with Crippen LogP contribution in [0.1, 0.15) is 16.8 Å². The number of hydrogen-bond donors (Lipinski definition) is 3. The normalized spacial score (nSPS) is 14.4. The molecule has 2 aromatic heterocycles. The number of nitrogens with one attached hydrogen (secondary N) is 1. The van der Waals surface area contributed by atoms with Gasteiger partial charge >= 0.3 is 0 Å². The molecule has 128 valence electrons. The summed E-state index contributed by atoms with van der Waals surface area (Å²) in [4.78, 5) is 23.0. The third kappa shape index (κ3) is 3.16. The molecule has 1 aliphatic rings. The topological polar surface area (TPSA) is 89.5 Å². The van der Waals surface area contributed by atoms with Gasteiger partial charge in [-0.15, -0.1) is 11.3 Å². The fourth-order valence-corrected chi connectivity index (χ4v) is 3.75. The lowest BCUT2D eigenvalue weighted by Crippen LogP contribution is -2.35. The second-order valence-corrected chi connectivity index (χ2v) is 7.04. The van der Waals surface area contributed by atoms with Crippen molar-refractivity contribution in [2.45, 2.75) is 19.5 Å². The van der Waals surface area contributed by atoms with Crippen LogP contribution in [0.3, 0.4) is 0 Å². The van der Waals surface area contributed by atoms with E-state index in [2.05, 4.69) is 14.9 Å². The second kappa shape index (κ2) is 6.34. The molecule has 0 radical (unpaired) electrons. The molecule has 0 spiro atoms. The van der Waals surface area contributed by atoms with Crippen molar-refractivity contribution in [3.63, 3.8) is 0 Å². The number of benzene rings is 1.